The second-order valence-corrected chi connectivity index (χ2v) is 4.98. The van der Waals surface area contributed by atoms with Gasteiger partial charge in [0.15, 0.2) is 5.78 Å². The van der Waals surface area contributed by atoms with Crippen molar-refractivity contribution in [2.75, 3.05) is 7.11 Å². The summed E-state index contributed by atoms with van der Waals surface area (Å²) in [7, 11) is 1.67. The molecule has 0 saturated carbocycles. The molecule has 92 valence electrons. The van der Waals surface area contributed by atoms with E-state index >= 15 is 0 Å². The highest BCUT2D eigenvalue weighted by atomic mass is 16.5. The van der Waals surface area contributed by atoms with Crippen molar-refractivity contribution in [3.05, 3.63) is 41.5 Å². The molecule has 0 heterocycles. The van der Waals surface area contributed by atoms with E-state index in [4.69, 9.17) is 4.74 Å². The molecule has 0 aromatic heterocycles. The summed E-state index contributed by atoms with van der Waals surface area (Å²) >= 11 is 0. The fourth-order valence-electron chi connectivity index (χ4n) is 2.76. The van der Waals surface area contributed by atoms with Crippen LogP contribution in [-0.2, 0) is 6.42 Å². The summed E-state index contributed by atoms with van der Waals surface area (Å²) < 4.78 is 5.24. The average molecular weight is 240 g/mol. The molecule has 0 spiro atoms. The first-order valence-corrected chi connectivity index (χ1v) is 6.34. The average Bonchev–Trinajstić information content (AvgIpc) is 2.41. The van der Waals surface area contributed by atoms with E-state index in [2.05, 4.69) is 6.07 Å². The minimum absolute atomic E-state index is 0.160. The number of hydrogen-bond acceptors (Lipinski definition) is 2. The quantitative estimate of drug-likeness (QED) is 0.761. The fraction of sp³-hybridized carbons (Fsp3) is 0.312. The predicted octanol–water partition coefficient (Wildman–Crippen LogP) is 3.61. The molecule has 2 aromatic carbocycles. The highest BCUT2D eigenvalue weighted by Crippen LogP contribution is 2.32. The van der Waals surface area contributed by atoms with Gasteiger partial charge in [0, 0.05) is 11.5 Å². The Hall–Kier alpha value is -1.83. The Morgan fingerprint density at radius 1 is 1.22 bits per heavy atom. The minimum Gasteiger partial charge on any atom is -0.497 e. The normalized spacial score (nSPS) is 18.8. The van der Waals surface area contributed by atoms with E-state index in [0.717, 1.165) is 29.5 Å². The van der Waals surface area contributed by atoms with Crippen LogP contribution in [0, 0.1) is 5.92 Å². The lowest BCUT2D eigenvalue weighted by atomic mass is 9.81. The Kier molecular flexibility index (Phi) is 2.58. The van der Waals surface area contributed by atoms with E-state index in [1.54, 1.807) is 7.11 Å². The van der Waals surface area contributed by atoms with Crippen LogP contribution < -0.4 is 4.74 Å². The van der Waals surface area contributed by atoms with Gasteiger partial charge in [-0.2, -0.15) is 0 Å². The first kappa shape index (κ1) is 11.3. The second kappa shape index (κ2) is 4.13. The van der Waals surface area contributed by atoms with E-state index in [9.17, 15) is 4.79 Å². The Morgan fingerprint density at radius 3 is 2.83 bits per heavy atom. The number of Topliss-reactive ketones (excluding diaryl/α,β-unsaturated/α-hetero) is 1. The molecular formula is C16H16O2. The molecule has 0 amide bonds. The molecule has 1 atom stereocenters. The third kappa shape index (κ3) is 1.60. The number of ketones is 1. The summed E-state index contributed by atoms with van der Waals surface area (Å²) in [6, 6.07) is 10.0. The molecule has 2 nitrogen and oxygen atoms in total. The number of carbonyl (C=O) groups is 1. The van der Waals surface area contributed by atoms with E-state index in [0.29, 0.717) is 0 Å². The Balaban J connectivity index is 2.24. The number of fused-ring (bicyclic) bond motifs is 3. The highest BCUT2D eigenvalue weighted by Gasteiger charge is 2.24. The Labute approximate surface area is 107 Å². The largest absolute Gasteiger partial charge is 0.497 e. The number of benzene rings is 2. The smallest absolute Gasteiger partial charge is 0.165 e. The van der Waals surface area contributed by atoms with Gasteiger partial charge in [-0.1, -0.05) is 25.1 Å². The van der Waals surface area contributed by atoms with Crippen LogP contribution in [0.1, 0.15) is 29.3 Å². The SMILES string of the molecule is COc1ccc2c3c(ccc2c1)C(=O)[C@H](C)CC3. The lowest BCUT2D eigenvalue weighted by Crippen LogP contribution is -2.20. The maximum absolute atomic E-state index is 12.2. The van der Waals surface area contributed by atoms with Gasteiger partial charge in [0.25, 0.3) is 0 Å². The summed E-state index contributed by atoms with van der Waals surface area (Å²) in [5, 5.41) is 2.34. The standard InChI is InChI=1S/C16H16O2/c1-10-3-6-14-13-8-5-12(18-2)9-11(13)4-7-15(14)16(10)17/h4-5,7-10H,3,6H2,1-2H3/t10-/m1/s1. The van der Waals surface area contributed by atoms with Gasteiger partial charge in [0.05, 0.1) is 7.11 Å². The Morgan fingerprint density at radius 2 is 2.06 bits per heavy atom. The van der Waals surface area contributed by atoms with Crippen LogP contribution in [0.2, 0.25) is 0 Å². The van der Waals surface area contributed by atoms with Gasteiger partial charge >= 0.3 is 0 Å². The van der Waals surface area contributed by atoms with Crippen LogP contribution in [0.4, 0.5) is 0 Å². The maximum atomic E-state index is 12.2. The third-order valence-corrected chi connectivity index (χ3v) is 3.88. The van der Waals surface area contributed by atoms with E-state index in [1.165, 1.54) is 10.9 Å². The zero-order valence-electron chi connectivity index (χ0n) is 10.7. The zero-order valence-corrected chi connectivity index (χ0v) is 10.7. The molecule has 0 unspecified atom stereocenters. The lowest BCUT2D eigenvalue weighted by Gasteiger charge is -2.21. The van der Waals surface area contributed by atoms with Crippen molar-refractivity contribution in [1.82, 2.24) is 0 Å². The molecule has 0 saturated heterocycles. The van der Waals surface area contributed by atoms with E-state index < -0.39 is 0 Å². The molecule has 0 radical (unpaired) electrons. The monoisotopic (exact) mass is 240 g/mol. The number of hydrogen-bond donors (Lipinski definition) is 0. The van der Waals surface area contributed by atoms with E-state index in [1.807, 2.05) is 31.2 Å². The molecule has 0 bridgehead atoms. The molecule has 2 aromatic rings. The van der Waals surface area contributed by atoms with Gasteiger partial charge < -0.3 is 4.74 Å². The molecule has 1 aliphatic carbocycles. The molecule has 0 N–H and O–H groups in total. The van der Waals surface area contributed by atoms with Crippen LogP contribution in [0.5, 0.6) is 5.75 Å². The number of aryl methyl sites for hydroxylation is 1. The van der Waals surface area contributed by atoms with Gasteiger partial charge in [0.1, 0.15) is 5.75 Å². The molecule has 2 heteroatoms. The van der Waals surface area contributed by atoms with Gasteiger partial charge in [-0.15, -0.1) is 0 Å². The highest BCUT2D eigenvalue weighted by molar-refractivity contribution is 6.05. The third-order valence-electron chi connectivity index (χ3n) is 3.88. The number of carbonyl (C=O) groups excluding carboxylic acids is 1. The summed E-state index contributed by atoms with van der Waals surface area (Å²) in [6.07, 6.45) is 1.95. The zero-order chi connectivity index (χ0) is 12.7. The maximum Gasteiger partial charge on any atom is 0.165 e. The van der Waals surface area contributed by atoms with Gasteiger partial charge in [-0.25, -0.2) is 0 Å². The number of methoxy groups -OCH3 is 1. The van der Waals surface area contributed by atoms with Gasteiger partial charge in [0.2, 0.25) is 0 Å². The van der Waals surface area contributed by atoms with E-state index in [-0.39, 0.29) is 11.7 Å². The first-order valence-electron chi connectivity index (χ1n) is 6.34. The molecule has 18 heavy (non-hydrogen) atoms. The molecule has 0 fully saturated rings. The van der Waals surface area contributed by atoms with Crippen LogP contribution >= 0.6 is 0 Å². The summed E-state index contributed by atoms with van der Waals surface area (Å²) in [5.74, 6) is 1.31. The summed E-state index contributed by atoms with van der Waals surface area (Å²) in [5.41, 5.74) is 2.12. The summed E-state index contributed by atoms with van der Waals surface area (Å²) in [4.78, 5) is 12.2. The van der Waals surface area contributed by atoms with Gasteiger partial charge in [-0.3, -0.25) is 4.79 Å². The predicted molar refractivity (Wildman–Crippen MR) is 72.3 cm³/mol. The molecule has 0 aliphatic heterocycles. The van der Waals surface area contributed by atoms with Crippen molar-refractivity contribution in [3.63, 3.8) is 0 Å². The van der Waals surface area contributed by atoms with Crippen LogP contribution in [-0.4, -0.2) is 12.9 Å². The lowest BCUT2D eigenvalue weighted by molar-refractivity contribution is 0.0914. The van der Waals surface area contributed by atoms with Crippen LogP contribution in [0.3, 0.4) is 0 Å². The van der Waals surface area contributed by atoms with Crippen molar-refractivity contribution in [1.29, 1.82) is 0 Å². The van der Waals surface area contributed by atoms with Crippen LogP contribution in [0.15, 0.2) is 30.3 Å². The van der Waals surface area contributed by atoms with Gasteiger partial charge in [-0.05, 0) is 41.3 Å². The topological polar surface area (TPSA) is 26.3 Å². The number of rotatable bonds is 1. The van der Waals surface area contributed by atoms with Crippen molar-refractivity contribution in [3.8, 4) is 5.75 Å². The molecule has 1 aliphatic rings. The van der Waals surface area contributed by atoms with Crippen molar-refractivity contribution in [2.45, 2.75) is 19.8 Å². The van der Waals surface area contributed by atoms with Crippen molar-refractivity contribution >= 4 is 16.6 Å². The molecular weight excluding hydrogens is 224 g/mol. The second-order valence-electron chi connectivity index (χ2n) is 4.98. The van der Waals surface area contributed by atoms with Crippen molar-refractivity contribution in [2.24, 2.45) is 5.92 Å². The number of ether oxygens (including phenoxy) is 1. The Bertz CT molecular complexity index is 628. The fourth-order valence-corrected chi connectivity index (χ4v) is 2.76. The van der Waals surface area contributed by atoms with Crippen LogP contribution in [0.25, 0.3) is 10.8 Å². The van der Waals surface area contributed by atoms with Crippen molar-refractivity contribution < 1.29 is 9.53 Å². The first-order chi connectivity index (χ1) is 8.70. The summed E-state index contributed by atoms with van der Waals surface area (Å²) in [6.45, 7) is 2.02. The minimum atomic E-state index is 0.160. The molecule has 3 rings (SSSR count).